The van der Waals surface area contributed by atoms with Gasteiger partial charge in [-0.05, 0) is 50.6 Å². The quantitative estimate of drug-likeness (QED) is 0.580. The molecule has 2 N–H and O–H groups in total. The molecule has 8 heteroatoms. The van der Waals surface area contributed by atoms with Crippen LogP contribution in [0.25, 0.3) is 11.0 Å². The number of imidazole rings is 1. The van der Waals surface area contributed by atoms with Crippen LogP contribution < -0.4 is 16.3 Å². The Bertz CT molecular complexity index is 1070. The Morgan fingerprint density at radius 1 is 1.14 bits per heavy atom. The highest BCUT2D eigenvalue weighted by atomic mass is 16.5. The number of carbonyl (C=O) groups excluding carboxylic acids is 2. The van der Waals surface area contributed by atoms with E-state index in [-0.39, 0.29) is 24.1 Å². The van der Waals surface area contributed by atoms with Gasteiger partial charge in [-0.1, -0.05) is 11.8 Å². The summed E-state index contributed by atoms with van der Waals surface area (Å²) in [5, 5.41) is 5.62. The predicted octanol–water partition coefficient (Wildman–Crippen LogP) is 0.438. The topological polar surface area (TPSA) is 94.4 Å². The standard InChI is InChI=1S/C21H24N4O4/c1-24-16-5-4-14(3-2-12-29-15-8-10-22-11-9-15)13-18(16)25(21(24)28)17-6-7-19(26)23-20(17)27/h4-5,13,15,17,22H,6-12H2,1H3,(H,23,26,27). The van der Waals surface area contributed by atoms with E-state index in [4.69, 9.17) is 4.74 Å². The smallest absolute Gasteiger partial charge is 0.329 e. The summed E-state index contributed by atoms with van der Waals surface area (Å²) in [5.41, 5.74) is 1.82. The predicted molar refractivity (Wildman–Crippen MR) is 107 cm³/mol. The number of imide groups is 1. The largest absolute Gasteiger partial charge is 0.365 e. The maximum atomic E-state index is 12.8. The molecule has 2 saturated heterocycles. The number of carbonyl (C=O) groups is 2. The lowest BCUT2D eigenvalue weighted by molar-refractivity contribution is -0.135. The molecule has 1 atom stereocenters. The lowest BCUT2D eigenvalue weighted by Gasteiger charge is -2.22. The van der Waals surface area contributed by atoms with Crippen LogP contribution in [-0.2, 0) is 21.4 Å². The third-order valence-electron chi connectivity index (χ3n) is 5.52. The van der Waals surface area contributed by atoms with Crippen molar-refractivity contribution < 1.29 is 14.3 Å². The van der Waals surface area contributed by atoms with Gasteiger partial charge in [0.1, 0.15) is 12.6 Å². The molecule has 2 aliphatic heterocycles. The summed E-state index contributed by atoms with van der Waals surface area (Å²) >= 11 is 0. The van der Waals surface area contributed by atoms with Crippen molar-refractivity contribution in [2.45, 2.75) is 37.8 Å². The van der Waals surface area contributed by atoms with Crippen molar-refractivity contribution in [2.75, 3.05) is 19.7 Å². The van der Waals surface area contributed by atoms with Gasteiger partial charge in [-0.2, -0.15) is 0 Å². The molecule has 0 bridgehead atoms. The average Bonchev–Trinajstić information content (AvgIpc) is 2.96. The number of aromatic nitrogens is 2. The van der Waals surface area contributed by atoms with Gasteiger partial charge < -0.3 is 10.1 Å². The van der Waals surface area contributed by atoms with Crippen molar-refractivity contribution in [3.63, 3.8) is 0 Å². The second-order valence-electron chi connectivity index (χ2n) is 7.44. The SMILES string of the molecule is Cn1c(=O)n(C2CCC(=O)NC2=O)c2cc(C#CCOC3CCNCC3)ccc21. The Morgan fingerprint density at radius 2 is 1.93 bits per heavy atom. The zero-order valence-corrected chi connectivity index (χ0v) is 16.4. The van der Waals surface area contributed by atoms with Gasteiger partial charge in [-0.25, -0.2) is 4.79 Å². The second-order valence-corrected chi connectivity index (χ2v) is 7.44. The molecule has 2 aliphatic rings. The molecule has 1 aromatic heterocycles. The Labute approximate surface area is 168 Å². The highest BCUT2D eigenvalue weighted by molar-refractivity contribution is 6.00. The normalized spacial score (nSPS) is 20.4. The average molecular weight is 396 g/mol. The van der Waals surface area contributed by atoms with E-state index < -0.39 is 11.9 Å². The molecule has 0 saturated carbocycles. The minimum absolute atomic E-state index is 0.215. The molecule has 2 aromatic rings. The lowest BCUT2D eigenvalue weighted by Crippen LogP contribution is -2.44. The Hall–Kier alpha value is -2.89. The van der Waals surface area contributed by atoms with Crippen molar-refractivity contribution in [3.05, 3.63) is 34.2 Å². The number of nitrogens with one attached hydrogen (secondary N) is 2. The Balaban J connectivity index is 1.58. The van der Waals surface area contributed by atoms with E-state index in [1.807, 2.05) is 18.2 Å². The number of hydrogen-bond acceptors (Lipinski definition) is 5. The first-order valence-corrected chi connectivity index (χ1v) is 9.90. The molecule has 2 amide bonds. The number of nitrogens with zero attached hydrogens (tertiary/aromatic N) is 2. The van der Waals surface area contributed by atoms with Gasteiger partial charge >= 0.3 is 5.69 Å². The number of piperidine rings is 2. The third kappa shape index (κ3) is 3.97. The first-order valence-electron chi connectivity index (χ1n) is 9.90. The summed E-state index contributed by atoms with van der Waals surface area (Å²) in [4.78, 5) is 36.5. The van der Waals surface area contributed by atoms with E-state index in [1.165, 1.54) is 9.13 Å². The van der Waals surface area contributed by atoms with Gasteiger partial charge in [0.25, 0.3) is 0 Å². The van der Waals surface area contributed by atoms with Gasteiger partial charge in [0.15, 0.2) is 0 Å². The number of ether oxygens (including phenoxy) is 1. The number of fused-ring (bicyclic) bond motifs is 1. The maximum Gasteiger partial charge on any atom is 0.329 e. The van der Waals surface area contributed by atoms with Gasteiger partial charge in [-0.15, -0.1) is 0 Å². The molecule has 29 heavy (non-hydrogen) atoms. The fraction of sp³-hybridized carbons (Fsp3) is 0.476. The summed E-state index contributed by atoms with van der Waals surface area (Å²) in [5.74, 6) is 5.37. The Morgan fingerprint density at radius 3 is 2.69 bits per heavy atom. The first-order chi connectivity index (χ1) is 14.0. The summed E-state index contributed by atoms with van der Waals surface area (Å²) in [7, 11) is 1.67. The molecule has 152 valence electrons. The molecule has 4 rings (SSSR count). The van der Waals surface area contributed by atoms with Crippen LogP contribution in [0.3, 0.4) is 0 Å². The number of amides is 2. The van der Waals surface area contributed by atoms with E-state index >= 15 is 0 Å². The third-order valence-corrected chi connectivity index (χ3v) is 5.52. The molecule has 0 spiro atoms. The van der Waals surface area contributed by atoms with Crippen LogP contribution >= 0.6 is 0 Å². The summed E-state index contributed by atoms with van der Waals surface area (Å²) in [6.45, 7) is 2.30. The van der Waals surface area contributed by atoms with Gasteiger partial charge in [0.2, 0.25) is 11.8 Å². The number of aryl methyl sites for hydroxylation is 1. The van der Waals surface area contributed by atoms with Gasteiger partial charge in [0.05, 0.1) is 17.1 Å². The van der Waals surface area contributed by atoms with E-state index in [1.54, 1.807) is 7.05 Å². The molecule has 2 fully saturated rings. The molecule has 0 radical (unpaired) electrons. The van der Waals surface area contributed by atoms with E-state index in [0.29, 0.717) is 18.5 Å². The van der Waals surface area contributed by atoms with Crippen LogP contribution in [0.15, 0.2) is 23.0 Å². The minimum atomic E-state index is -0.699. The van der Waals surface area contributed by atoms with Crippen molar-refractivity contribution in [1.29, 1.82) is 0 Å². The molecular formula is C21H24N4O4. The molecular weight excluding hydrogens is 372 g/mol. The van der Waals surface area contributed by atoms with Crippen LogP contribution in [0.4, 0.5) is 0 Å². The maximum absolute atomic E-state index is 12.8. The summed E-state index contributed by atoms with van der Waals surface area (Å²) in [6.07, 6.45) is 2.77. The lowest BCUT2D eigenvalue weighted by atomic mass is 10.1. The van der Waals surface area contributed by atoms with Crippen molar-refractivity contribution >= 4 is 22.8 Å². The molecule has 0 aliphatic carbocycles. The summed E-state index contributed by atoms with van der Waals surface area (Å²) in [6, 6.07) is 4.80. The molecule has 1 aromatic carbocycles. The fourth-order valence-electron chi connectivity index (χ4n) is 3.93. The van der Waals surface area contributed by atoms with Gasteiger partial charge in [0, 0.05) is 19.0 Å². The van der Waals surface area contributed by atoms with Crippen LogP contribution in [0.5, 0.6) is 0 Å². The molecule has 3 heterocycles. The van der Waals surface area contributed by atoms with Crippen LogP contribution in [0.2, 0.25) is 0 Å². The zero-order valence-electron chi connectivity index (χ0n) is 16.4. The van der Waals surface area contributed by atoms with Crippen LogP contribution in [0, 0.1) is 11.8 Å². The van der Waals surface area contributed by atoms with E-state index in [9.17, 15) is 14.4 Å². The molecule has 1 unspecified atom stereocenters. The fourth-order valence-corrected chi connectivity index (χ4v) is 3.93. The minimum Gasteiger partial charge on any atom is -0.365 e. The highest BCUT2D eigenvalue weighted by Gasteiger charge is 2.31. The second kappa shape index (κ2) is 8.23. The van der Waals surface area contributed by atoms with E-state index in [2.05, 4.69) is 22.5 Å². The van der Waals surface area contributed by atoms with Crippen LogP contribution in [-0.4, -0.2) is 46.7 Å². The highest BCUT2D eigenvalue weighted by Crippen LogP contribution is 2.23. The van der Waals surface area contributed by atoms with Gasteiger partial charge in [-0.3, -0.25) is 24.0 Å². The number of benzene rings is 1. The number of rotatable bonds is 3. The van der Waals surface area contributed by atoms with Crippen LogP contribution in [0.1, 0.15) is 37.3 Å². The van der Waals surface area contributed by atoms with Crippen molar-refractivity contribution in [3.8, 4) is 11.8 Å². The monoisotopic (exact) mass is 396 g/mol. The van der Waals surface area contributed by atoms with E-state index in [0.717, 1.165) is 37.0 Å². The van der Waals surface area contributed by atoms with Crippen molar-refractivity contribution in [1.82, 2.24) is 19.8 Å². The number of hydrogen-bond donors (Lipinski definition) is 2. The van der Waals surface area contributed by atoms with Crippen molar-refractivity contribution in [2.24, 2.45) is 7.05 Å². The summed E-state index contributed by atoms with van der Waals surface area (Å²) < 4.78 is 8.78. The zero-order chi connectivity index (χ0) is 20.4. The first kappa shape index (κ1) is 19.4. The Kier molecular flexibility index (Phi) is 5.51. The molecule has 8 nitrogen and oxygen atoms in total.